The fraction of sp³-hybridized carbons (Fsp3) is 0.235. The zero-order valence-electron chi connectivity index (χ0n) is 13.5. The Bertz CT molecular complexity index is 946. The smallest absolute Gasteiger partial charge is 0.297 e. The molecule has 2 aromatic heterocycles. The van der Waals surface area contributed by atoms with E-state index in [4.69, 9.17) is 8.92 Å². The fourth-order valence-corrected chi connectivity index (χ4v) is 3.27. The molecule has 0 saturated heterocycles. The maximum atomic E-state index is 12.2. The average Bonchev–Trinajstić information content (AvgIpc) is 2.97. The molecule has 0 aliphatic rings. The molecule has 7 heteroatoms. The van der Waals surface area contributed by atoms with Crippen molar-refractivity contribution in [3.05, 3.63) is 54.4 Å². The number of pyridine rings is 1. The van der Waals surface area contributed by atoms with E-state index in [1.54, 1.807) is 37.6 Å². The molecule has 0 aliphatic heterocycles. The highest BCUT2D eigenvalue weighted by Crippen LogP contribution is 2.19. The van der Waals surface area contributed by atoms with Gasteiger partial charge in [0.2, 0.25) is 0 Å². The molecule has 0 amide bonds. The fourth-order valence-electron chi connectivity index (χ4n) is 2.37. The van der Waals surface area contributed by atoms with Gasteiger partial charge in [-0.15, -0.1) is 0 Å². The highest BCUT2D eigenvalue weighted by atomic mass is 32.2. The van der Waals surface area contributed by atoms with Crippen LogP contribution in [0.4, 0.5) is 0 Å². The minimum Gasteiger partial charge on any atom is -0.495 e. The van der Waals surface area contributed by atoms with Gasteiger partial charge in [-0.3, -0.25) is 4.18 Å². The molecule has 6 nitrogen and oxygen atoms in total. The quantitative estimate of drug-likeness (QED) is 0.642. The lowest BCUT2D eigenvalue weighted by atomic mass is 10.2. The van der Waals surface area contributed by atoms with Crippen LogP contribution in [-0.4, -0.2) is 31.7 Å². The minimum atomic E-state index is -3.75. The molecule has 24 heavy (non-hydrogen) atoms. The predicted molar refractivity (Wildman–Crippen MR) is 90.6 cm³/mol. The Kier molecular flexibility index (Phi) is 4.55. The topological polar surface area (TPSA) is 70.4 Å². The Labute approximate surface area is 140 Å². The number of rotatable bonds is 6. The van der Waals surface area contributed by atoms with Crippen LogP contribution in [0.15, 0.2) is 53.7 Å². The van der Waals surface area contributed by atoms with Gasteiger partial charge in [0.1, 0.15) is 11.4 Å². The van der Waals surface area contributed by atoms with Gasteiger partial charge in [0.05, 0.1) is 24.8 Å². The van der Waals surface area contributed by atoms with Crippen LogP contribution in [0, 0.1) is 6.92 Å². The first-order valence-corrected chi connectivity index (χ1v) is 8.85. The summed E-state index contributed by atoms with van der Waals surface area (Å²) in [5.41, 5.74) is 1.75. The zero-order valence-corrected chi connectivity index (χ0v) is 14.3. The van der Waals surface area contributed by atoms with Gasteiger partial charge in [-0.2, -0.15) is 8.42 Å². The van der Waals surface area contributed by atoms with Crippen molar-refractivity contribution in [2.24, 2.45) is 0 Å². The Hall–Kier alpha value is -2.38. The second-order valence-electron chi connectivity index (χ2n) is 5.39. The number of methoxy groups -OCH3 is 1. The van der Waals surface area contributed by atoms with Crippen LogP contribution in [0.1, 0.15) is 5.56 Å². The molecule has 0 atom stereocenters. The van der Waals surface area contributed by atoms with Crippen LogP contribution in [0.3, 0.4) is 0 Å². The van der Waals surface area contributed by atoms with E-state index in [0.29, 0.717) is 12.3 Å². The molecule has 0 aliphatic carbocycles. The van der Waals surface area contributed by atoms with Crippen molar-refractivity contribution in [1.82, 2.24) is 9.55 Å². The average molecular weight is 346 g/mol. The van der Waals surface area contributed by atoms with Crippen LogP contribution in [-0.2, 0) is 20.8 Å². The standard InChI is InChI=1S/C17H18N2O4S/c1-13-3-5-16(6-4-13)24(20,21)23-10-9-19-8-7-14-11-15(22-2)12-18-17(14)19/h3-8,11-12H,9-10H2,1-2H3. The first-order valence-electron chi connectivity index (χ1n) is 7.44. The Morgan fingerprint density at radius 3 is 2.62 bits per heavy atom. The molecule has 0 fully saturated rings. The van der Waals surface area contributed by atoms with Gasteiger partial charge in [0, 0.05) is 18.1 Å². The SMILES string of the molecule is COc1cnc2c(ccn2CCOS(=O)(=O)c2ccc(C)cc2)c1. The van der Waals surface area contributed by atoms with Gasteiger partial charge < -0.3 is 9.30 Å². The third-order valence-corrected chi connectivity index (χ3v) is 5.02. The lowest BCUT2D eigenvalue weighted by molar-refractivity contribution is 0.302. The monoisotopic (exact) mass is 346 g/mol. The van der Waals surface area contributed by atoms with E-state index in [1.807, 2.05) is 29.8 Å². The van der Waals surface area contributed by atoms with E-state index < -0.39 is 10.1 Å². The second kappa shape index (κ2) is 6.62. The summed E-state index contributed by atoms with van der Waals surface area (Å²) >= 11 is 0. The van der Waals surface area contributed by atoms with Crippen molar-refractivity contribution >= 4 is 21.2 Å². The summed E-state index contributed by atoms with van der Waals surface area (Å²) < 4.78 is 36.4. The lowest BCUT2D eigenvalue weighted by Gasteiger charge is -2.08. The summed E-state index contributed by atoms with van der Waals surface area (Å²) in [5, 5.41) is 0.927. The van der Waals surface area contributed by atoms with Gasteiger partial charge in [0.25, 0.3) is 10.1 Å². The first kappa shape index (κ1) is 16.5. The van der Waals surface area contributed by atoms with Gasteiger partial charge in [-0.1, -0.05) is 17.7 Å². The molecule has 0 radical (unpaired) electrons. The predicted octanol–water partition coefficient (Wildman–Crippen LogP) is 2.76. The van der Waals surface area contributed by atoms with E-state index >= 15 is 0 Å². The molecule has 0 unspecified atom stereocenters. The third kappa shape index (κ3) is 3.42. The summed E-state index contributed by atoms with van der Waals surface area (Å²) in [6.45, 7) is 2.32. The van der Waals surface area contributed by atoms with Gasteiger partial charge >= 0.3 is 0 Å². The highest BCUT2D eigenvalue weighted by Gasteiger charge is 2.15. The van der Waals surface area contributed by atoms with Crippen molar-refractivity contribution in [3.63, 3.8) is 0 Å². The molecule has 0 bridgehead atoms. The van der Waals surface area contributed by atoms with Crippen LogP contribution in [0.25, 0.3) is 11.0 Å². The maximum Gasteiger partial charge on any atom is 0.297 e. The van der Waals surface area contributed by atoms with E-state index in [1.165, 1.54) is 0 Å². The van der Waals surface area contributed by atoms with Crippen LogP contribution in [0.5, 0.6) is 5.75 Å². The second-order valence-corrected chi connectivity index (χ2v) is 7.00. The normalized spacial score (nSPS) is 11.8. The lowest BCUT2D eigenvalue weighted by Crippen LogP contribution is -2.12. The first-order chi connectivity index (χ1) is 11.5. The van der Waals surface area contributed by atoms with Crippen LogP contribution < -0.4 is 4.74 Å². The summed E-state index contributed by atoms with van der Waals surface area (Å²) in [5.74, 6) is 0.679. The maximum absolute atomic E-state index is 12.2. The number of hydrogen-bond acceptors (Lipinski definition) is 5. The van der Waals surface area contributed by atoms with E-state index in [2.05, 4.69) is 4.98 Å². The van der Waals surface area contributed by atoms with Crippen molar-refractivity contribution in [1.29, 1.82) is 0 Å². The number of aryl methyl sites for hydroxylation is 1. The van der Waals surface area contributed by atoms with E-state index in [0.717, 1.165) is 16.6 Å². The molecule has 2 heterocycles. The van der Waals surface area contributed by atoms with Gasteiger partial charge in [0.15, 0.2) is 0 Å². The zero-order chi connectivity index (χ0) is 17.2. The molecule has 1 aromatic carbocycles. The summed E-state index contributed by atoms with van der Waals surface area (Å²) in [4.78, 5) is 4.49. The number of benzene rings is 1. The minimum absolute atomic E-state index is 0.0354. The number of ether oxygens (including phenoxy) is 1. The van der Waals surface area contributed by atoms with E-state index in [-0.39, 0.29) is 11.5 Å². The van der Waals surface area contributed by atoms with Crippen molar-refractivity contribution in [2.75, 3.05) is 13.7 Å². The largest absolute Gasteiger partial charge is 0.495 e. The molecular weight excluding hydrogens is 328 g/mol. The van der Waals surface area contributed by atoms with Crippen LogP contribution >= 0.6 is 0 Å². The van der Waals surface area contributed by atoms with Gasteiger partial charge in [-0.05, 0) is 31.2 Å². The Morgan fingerprint density at radius 2 is 1.92 bits per heavy atom. The Morgan fingerprint density at radius 1 is 1.17 bits per heavy atom. The number of fused-ring (bicyclic) bond motifs is 1. The molecule has 126 valence electrons. The van der Waals surface area contributed by atoms with Crippen molar-refractivity contribution in [2.45, 2.75) is 18.4 Å². The molecule has 3 aromatic rings. The number of nitrogens with zero attached hydrogens (tertiary/aromatic N) is 2. The third-order valence-electron chi connectivity index (χ3n) is 3.69. The molecule has 0 saturated carbocycles. The summed E-state index contributed by atoms with van der Waals surface area (Å²) in [6, 6.07) is 10.4. The number of hydrogen-bond donors (Lipinski definition) is 0. The number of aromatic nitrogens is 2. The molecular formula is C17H18N2O4S. The molecule has 0 spiro atoms. The summed E-state index contributed by atoms with van der Waals surface area (Å²) in [6.07, 6.45) is 3.47. The molecule has 0 N–H and O–H groups in total. The molecule has 3 rings (SSSR count). The van der Waals surface area contributed by atoms with Crippen LogP contribution in [0.2, 0.25) is 0 Å². The van der Waals surface area contributed by atoms with Crippen molar-refractivity contribution < 1.29 is 17.3 Å². The van der Waals surface area contributed by atoms with E-state index in [9.17, 15) is 8.42 Å². The Balaban J connectivity index is 1.69. The highest BCUT2D eigenvalue weighted by molar-refractivity contribution is 7.86. The van der Waals surface area contributed by atoms with Gasteiger partial charge in [-0.25, -0.2) is 4.98 Å². The van der Waals surface area contributed by atoms with Crippen molar-refractivity contribution in [3.8, 4) is 5.75 Å². The summed E-state index contributed by atoms with van der Waals surface area (Å²) in [7, 11) is -2.16.